The smallest absolute Gasteiger partial charge is 0.319 e. The molecule has 12 heteroatoms. The summed E-state index contributed by atoms with van der Waals surface area (Å²) in [5, 5.41) is 5.01. The fourth-order valence-electron chi connectivity index (χ4n) is 6.99. The van der Waals surface area contributed by atoms with Crippen LogP contribution in [0.4, 0.5) is 19.0 Å². The fourth-order valence-corrected chi connectivity index (χ4v) is 6.99. The minimum Gasteiger partial charge on any atom is -0.463 e. The minimum absolute atomic E-state index is 0.00643. The highest BCUT2D eigenvalue weighted by atomic mass is 19.1. The number of terminal acetylenes is 1. The van der Waals surface area contributed by atoms with Crippen LogP contribution in [0.2, 0.25) is 0 Å². The number of nitrogens with zero attached hydrogens (tertiary/aromatic N) is 6. The van der Waals surface area contributed by atoms with Crippen LogP contribution in [0.25, 0.3) is 39.0 Å². The number of ether oxygens (including phenoxy) is 1. The van der Waals surface area contributed by atoms with Gasteiger partial charge in [-0.15, -0.1) is 6.42 Å². The molecule has 0 unspecified atom stereocenters. The Bertz CT molecular complexity index is 2150. The van der Waals surface area contributed by atoms with Gasteiger partial charge in [-0.1, -0.05) is 42.3 Å². The van der Waals surface area contributed by atoms with E-state index in [1.165, 1.54) is 11.1 Å². The summed E-state index contributed by atoms with van der Waals surface area (Å²) in [6, 6.07) is 16.1. The number of nitrogens with one attached hydrogen (secondary N) is 1. The van der Waals surface area contributed by atoms with Crippen molar-refractivity contribution in [2.24, 2.45) is 5.92 Å². The van der Waals surface area contributed by atoms with Gasteiger partial charge in [-0.25, -0.2) is 13.2 Å². The Morgan fingerprint density at radius 2 is 1.90 bits per heavy atom. The molecule has 0 spiro atoms. The molecule has 1 N–H and O–H groups in total. The molecule has 5 aromatic rings. The van der Waals surface area contributed by atoms with E-state index < -0.39 is 23.7 Å². The monoisotopic (exact) mass is 705 g/mol. The highest BCUT2D eigenvalue weighted by Crippen LogP contribution is 2.36. The lowest BCUT2D eigenvalue weighted by atomic mass is 9.96. The summed E-state index contributed by atoms with van der Waals surface area (Å²) in [4.78, 5) is 34.5. The first-order valence-corrected chi connectivity index (χ1v) is 17.5. The van der Waals surface area contributed by atoms with Gasteiger partial charge in [-0.3, -0.25) is 14.8 Å². The molecule has 0 aliphatic carbocycles. The van der Waals surface area contributed by atoms with Crippen LogP contribution in [-0.4, -0.2) is 82.8 Å². The Kier molecular flexibility index (Phi) is 10.6. The first-order valence-electron chi connectivity index (χ1n) is 17.5. The van der Waals surface area contributed by atoms with Crippen LogP contribution in [0.5, 0.6) is 6.01 Å². The molecule has 0 bridgehead atoms. The molecule has 2 fully saturated rings. The van der Waals surface area contributed by atoms with Gasteiger partial charge in [-0.05, 0) is 61.7 Å². The molecule has 2 aliphatic rings. The van der Waals surface area contributed by atoms with Gasteiger partial charge in [0, 0.05) is 67.7 Å². The van der Waals surface area contributed by atoms with Gasteiger partial charge in [0.05, 0.1) is 17.7 Å². The van der Waals surface area contributed by atoms with E-state index >= 15 is 8.78 Å². The van der Waals surface area contributed by atoms with E-state index in [0.29, 0.717) is 65.9 Å². The van der Waals surface area contributed by atoms with Gasteiger partial charge < -0.3 is 19.9 Å². The minimum atomic E-state index is -1.01. The predicted octanol–water partition coefficient (Wildman–Crippen LogP) is 6.52. The van der Waals surface area contributed by atoms with Crippen molar-refractivity contribution < 1.29 is 22.7 Å². The average Bonchev–Trinajstić information content (AvgIpc) is 3.42. The molecule has 1 amide bonds. The summed E-state index contributed by atoms with van der Waals surface area (Å²) in [7, 11) is 0. The maximum Gasteiger partial charge on any atom is 0.319 e. The lowest BCUT2D eigenvalue weighted by molar-refractivity contribution is -0.128. The molecule has 5 heterocycles. The Hall–Kier alpha value is -5.54. The van der Waals surface area contributed by atoms with Crippen molar-refractivity contribution in [1.82, 2.24) is 30.2 Å². The van der Waals surface area contributed by atoms with Crippen molar-refractivity contribution in [3.8, 4) is 29.6 Å². The summed E-state index contributed by atoms with van der Waals surface area (Å²) in [6.07, 6.45) is 11.5. The number of carbonyl (C=O) groups is 1. The predicted molar refractivity (Wildman–Crippen MR) is 196 cm³/mol. The van der Waals surface area contributed by atoms with Crippen molar-refractivity contribution in [2.45, 2.75) is 31.9 Å². The van der Waals surface area contributed by atoms with Gasteiger partial charge >= 0.3 is 6.01 Å². The van der Waals surface area contributed by atoms with E-state index in [1.807, 2.05) is 29.2 Å². The molecular weight excluding hydrogens is 667 g/mol. The molecule has 3 aromatic heterocycles. The Morgan fingerprint density at radius 1 is 1.04 bits per heavy atom. The van der Waals surface area contributed by atoms with Gasteiger partial charge in [0.1, 0.15) is 23.2 Å². The van der Waals surface area contributed by atoms with E-state index in [-0.39, 0.29) is 42.8 Å². The zero-order valence-corrected chi connectivity index (χ0v) is 28.6. The van der Waals surface area contributed by atoms with Crippen molar-refractivity contribution in [2.75, 3.05) is 50.8 Å². The molecule has 2 aromatic carbocycles. The van der Waals surface area contributed by atoms with Crippen LogP contribution >= 0.6 is 0 Å². The standard InChI is InChI=1S/C40H38F3N7O2/c1-2-27-10-5-11-28-12-6-14-31(34(27)28)36-35(43)37-32(24-46-36)38(48-40(47-37)52-25-26-9-7-15-44-23-29(41)21-26)49-17-8-18-50(20-19-49)39(51)33(42)22-30-13-3-4-16-45-30/h1,3-6,10-14,16,22,24,26,29,44H,7-9,15,17-21,23,25H2/b33-22-/t26-,29-/m1/s1. The second-order valence-electron chi connectivity index (χ2n) is 13.1. The second-order valence-corrected chi connectivity index (χ2v) is 13.1. The van der Waals surface area contributed by atoms with Crippen LogP contribution in [0, 0.1) is 24.1 Å². The van der Waals surface area contributed by atoms with E-state index in [9.17, 15) is 9.18 Å². The number of benzene rings is 2. The highest BCUT2D eigenvalue weighted by Gasteiger charge is 2.27. The zero-order chi connectivity index (χ0) is 36.0. The van der Waals surface area contributed by atoms with Crippen molar-refractivity contribution in [3.05, 3.63) is 89.9 Å². The Morgan fingerprint density at radius 3 is 2.73 bits per heavy atom. The first kappa shape index (κ1) is 34.9. The Balaban J connectivity index is 1.24. The largest absolute Gasteiger partial charge is 0.463 e. The van der Waals surface area contributed by atoms with E-state index in [0.717, 1.165) is 30.8 Å². The summed E-state index contributed by atoms with van der Waals surface area (Å²) < 4.78 is 52.6. The fraction of sp³-hybridized carbons (Fsp3) is 0.325. The molecule has 7 rings (SSSR count). The molecule has 52 heavy (non-hydrogen) atoms. The number of alkyl halides is 1. The van der Waals surface area contributed by atoms with E-state index in [4.69, 9.17) is 16.1 Å². The topological polar surface area (TPSA) is 96.4 Å². The third-order valence-corrected chi connectivity index (χ3v) is 9.58. The molecule has 2 aliphatic heterocycles. The number of anilines is 1. The number of hydrogen-bond acceptors (Lipinski definition) is 8. The van der Waals surface area contributed by atoms with Crippen LogP contribution in [-0.2, 0) is 4.79 Å². The van der Waals surface area contributed by atoms with Crippen LogP contribution in [0.15, 0.2) is 72.8 Å². The lowest BCUT2D eigenvalue weighted by Crippen LogP contribution is -2.35. The summed E-state index contributed by atoms with van der Waals surface area (Å²) >= 11 is 0. The summed E-state index contributed by atoms with van der Waals surface area (Å²) in [5.74, 6) is 0.708. The van der Waals surface area contributed by atoms with Crippen LogP contribution < -0.4 is 15.0 Å². The van der Waals surface area contributed by atoms with E-state index in [1.54, 1.807) is 36.5 Å². The van der Waals surface area contributed by atoms with Gasteiger partial charge in [0.2, 0.25) is 0 Å². The van der Waals surface area contributed by atoms with Gasteiger partial charge in [-0.2, -0.15) is 9.97 Å². The zero-order valence-electron chi connectivity index (χ0n) is 28.6. The molecular formula is C40H38F3N7O2. The third kappa shape index (κ3) is 7.55. The number of fused-ring (bicyclic) bond motifs is 2. The third-order valence-electron chi connectivity index (χ3n) is 9.58. The number of rotatable bonds is 7. The van der Waals surface area contributed by atoms with Crippen molar-refractivity contribution in [1.29, 1.82) is 0 Å². The molecule has 2 saturated heterocycles. The molecule has 0 radical (unpaired) electrons. The number of halogens is 3. The summed E-state index contributed by atoms with van der Waals surface area (Å²) in [5.41, 5.74) is 1.56. The molecule has 2 atom stereocenters. The number of aromatic nitrogens is 4. The second kappa shape index (κ2) is 15.8. The van der Waals surface area contributed by atoms with Crippen LogP contribution in [0.3, 0.4) is 0 Å². The normalized spacial score (nSPS) is 18.8. The molecule has 9 nitrogen and oxygen atoms in total. The van der Waals surface area contributed by atoms with Crippen LogP contribution in [0.1, 0.15) is 36.9 Å². The quantitative estimate of drug-likeness (QED) is 0.151. The molecule has 266 valence electrons. The highest BCUT2D eigenvalue weighted by molar-refractivity contribution is 6.02. The maximum absolute atomic E-state index is 16.9. The lowest BCUT2D eigenvalue weighted by Gasteiger charge is -2.25. The summed E-state index contributed by atoms with van der Waals surface area (Å²) in [6.45, 7) is 2.41. The SMILES string of the molecule is C#Cc1cccc2cccc(-c3ncc4c(N5CCCN(C(=O)/C(F)=C/c6ccccn6)CC5)nc(OC[C@@H]5CCCNC[C@H](F)C5)nc4c3F)c12. The van der Waals surface area contributed by atoms with Crippen molar-refractivity contribution in [3.63, 3.8) is 0 Å². The maximum atomic E-state index is 16.9. The van der Waals surface area contributed by atoms with Crippen molar-refractivity contribution >= 4 is 39.5 Å². The van der Waals surface area contributed by atoms with Gasteiger partial charge in [0.25, 0.3) is 5.91 Å². The Labute approximate surface area is 299 Å². The molecule has 0 saturated carbocycles. The number of amides is 1. The van der Waals surface area contributed by atoms with E-state index in [2.05, 4.69) is 26.2 Å². The average molecular weight is 706 g/mol. The first-order chi connectivity index (χ1) is 25.4. The number of pyridine rings is 2. The van der Waals surface area contributed by atoms with Gasteiger partial charge in [0.15, 0.2) is 11.6 Å². The number of hydrogen-bond donors (Lipinski definition) is 1. The number of carbonyl (C=O) groups excluding carboxylic acids is 1.